The van der Waals surface area contributed by atoms with Crippen LogP contribution in [0.3, 0.4) is 0 Å². The number of carbonyl (C=O) groups excluding carboxylic acids is 1. The number of carboxylic acids is 1. The van der Waals surface area contributed by atoms with Crippen LogP contribution in [-0.2, 0) is 22.6 Å². The van der Waals surface area contributed by atoms with Gasteiger partial charge in [0.1, 0.15) is 22.4 Å². The summed E-state index contributed by atoms with van der Waals surface area (Å²) >= 11 is 1.36. The fraction of sp³-hybridized carbons (Fsp3) is 0.222. The number of rotatable bonds is 5. The summed E-state index contributed by atoms with van der Waals surface area (Å²) in [6, 6.07) is 7.27. The lowest BCUT2D eigenvalue weighted by Gasteiger charge is -2.29. The van der Waals surface area contributed by atoms with Crippen molar-refractivity contribution >= 4 is 29.3 Å². The molecule has 0 unspecified atom stereocenters. The van der Waals surface area contributed by atoms with Gasteiger partial charge in [-0.25, -0.2) is 9.78 Å². The zero-order valence-corrected chi connectivity index (χ0v) is 14.5. The summed E-state index contributed by atoms with van der Waals surface area (Å²) in [7, 11) is 0. The smallest absolute Gasteiger partial charge is 0.341 e. The number of amides is 1. The van der Waals surface area contributed by atoms with E-state index in [1.54, 1.807) is 28.6 Å². The van der Waals surface area contributed by atoms with Crippen LogP contribution in [0.4, 0.5) is 0 Å². The molecule has 0 bridgehead atoms. The Bertz CT molecular complexity index is 900. The van der Waals surface area contributed by atoms with Gasteiger partial charge in [0.15, 0.2) is 6.61 Å². The number of thiazole rings is 1. The van der Waals surface area contributed by atoms with Crippen LogP contribution in [0.15, 0.2) is 35.3 Å². The number of benzene rings is 1. The van der Waals surface area contributed by atoms with Gasteiger partial charge in [0.2, 0.25) is 0 Å². The Morgan fingerprint density at radius 2 is 2.27 bits per heavy atom. The van der Waals surface area contributed by atoms with E-state index in [1.807, 2.05) is 12.1 Å². The molecule has 0 aliphatic carbocycles. The van der Waals surface area contributed by atoms with E-state index in [-0.39, 0.29) is 11.5 Å². The number of hydrogen-bond acceptors (Lipinski definition) is 6. The highest BCUT2D eigenvalue weighted by Crippen LogP contribution is 2.25. The largest absolute Gasteiger partial charge is 0.482 e. The first-order valence-corrected chi connectivity index (χ1v) is 8.71. The number of carboxylic acid groups (broad SMARTS) is 1. The summed E-state index contributed by atoms with van der Waals surface area (Å²) in [5.41, 5.74) is 2.03. The topological polar surface area (TPSA) is 104 Å². The number of hydrogen-bond donors (Lipinski definition) is 1. The van der Waals surface area contributed by atoms with E-state index in [2.05, 4.69) is 4.98 Å². The second-order valence-electron chi connectivity index (χ2n) is 5.63. The lowest BCUT2D eigenvalue weighted by molar-refractivity contribution is -0.139. The third-order valence-corrected chi connectivity index (χ3v) is 4.63. The van der Waals surface area contributed by atoms with E-state index in [0.29, 0.717) is 30.3 Å². The lowest BCUT2D eigenvalue weighted by atomic mass is 9.99. The molecule has 0 spiro atoms. The molecule has 1 amide bonds. The van der Waals surface area contributed by atoms with Gasteiger partial charge in [0, 0.05) is 24.7 Å². The average molecular weight is 369 g/mol. The highest BCUT2D eigenvalue weighted by molar-refractivity contribution is 7.10. The number of ether oxygens (including phenoxy) is 1. The number of fused-ring (bicyclic) bond motifs is 1. The molecule has 2 aromatic rings. The molecule has 26 heavy (non-hydrogen) atoms. The molecule has 7 nitrogen and oxygen atoms in total. The van der Waals surface area contributed by atoms with E-state index < -0.39 is 12.6 Å². The SMILES string of the molecule is N#CC(=Cc1nccs1)C(=O)N1CCc2cc(OCC(=O)O)ccc2C1. The number of carbonyl (C=O) groups is 2. The zero-order chi connectivity index (χ0) is 18.5. The normalized spacial score (nSPS) is 13.7. The predicted octanol–water partition coefficient (Wildman–Crippen LogP) is 2.10. The monoisotopic (exact) mass is 369 g/mol. The van der Waals surface area contributed by atoms with Crippen molar-refractivity contribution in [2.24, 2.45) is 0 Å². The van der Waals surface area contributed by atoms with Crippen molar-refractivity contribution in [3.05, 3.63) is 51.5 Å². The van der Waals surface area contributed by atoms with Crippen LogP contribution in [0.2, 0.25) is 0 Å². The van der Waals surface area contributed by atoms with Crippen LogP contribution in [0.25, 0.3) is 6.08 Å². The van der Waals surface area contributed by atoms with Crippen LogP contribution in [0.1, 0.15) is 16.1 Å². The molecule has 0 atom stereocenters. The van der Waals surface area contributed by atoms with Crippen molar-refractivity contribution in [3.8, 4) is 11.8 Å². The third kappa shape index (κ3) is 4.07. The Hall–Kier alpha value is -3.18. The van der Waals surface area contributed by atoms with Gasteiger partial charge in [0.25, 0.3) is 5.91 Å². The summed E-state index contributed by atoms with van der Waals surface area (Å²) in [5, 5.41) is 20.4. The van der Waals surface area contributed by atoms with E-state index >= 15 is 0 Å². The zero-order valence-electron chi connectivity index (χ0n) is 13.7. The van der Waals surface area contributed by atoms with Gasteiger partial charge in [-0.2, -0.15) is 5.26 Å². The van der Waals surface area contributed by atoms with Crippen molar-refractivity contribution in [1.29, 1.82) is 5.26 Å². The molecule has 8 heteroatoms. The van der Waals surface area contributed by atoms with Gasteiger partial charge < -0.3 is 14.7 Å². The minimum atomic E-state index is -1.03. The number of aromatic nitrogens is 1. The van der Waals surface area contributed by atoms with E-state index in [0.717, 1.165) is 11.1 Å². The molecule has 2 heterocycles. The number of nitriles is 1. The van der Waals surface area contributed by atoms with E-state index in [4.69, 9.17) is 9.84 Å². The third-order valence-electron chi connectivity index (χ3n) is 3.91. The van der Waals surface area contributed by atoms with Crippen LogP contribution in [-0.4, -0.2) is 40.0 Å². The van der Waals surface area contributed by atoms with Crippen LogP contribution in [0.5, 0.6) is 5.75 Å². The maximum absolute atomic E-state index is 12.6. The average Bonchev–Trinajstić information content (AvgIpc) is 3.16. The summed E-state index contributed by atoms with van der Waals surface area (Å²) in [6.07, 6.45) is 3.74. The van der Waals surface area contributed by atoms with Gasteiger partial charge >= 0.3 is 5.97 Å². The number of aliphatic carboxylic acids is 1. The molecule has 0 saturated heterocycles. The van der Waals surface area contributed by atoms with Gasteiger partial charge in [-0.15, -0.1) is 11.3 Å². The molecule has 1 aromatic carbocycles. The van der Waals surface area contributed by atoms with Crippen molar-refractivity contribution in [1.82, 2.24) is 9.88 Å². The first-order valence-electron chi connectivity index (χ1n) is 7.84. The summed E-state index contributed by atoms with van der Waals surface area (Å²) in [6.45, 7) is 0.478. The van der Waals surface area contributed by atoms with Crippen LogP contribution < -0.4 is 4.74 Å². The van der Waals surface area contributed by atoms with Gasteiger partial charge in [0.05, 0.1) is 0 Å². The molecule has 1 aromatic heterocycles. The highest BCUT2D eigenvalue weighted by Gasteiger charge is 2.24. The maximum Gasteiger partial charge on any atom is 0.341 e. The molecule has 132 valence electrons. The Morgan fingerprint density at radius 3 is 2.96 bits per heavy atom. The molecule has 0 radical (unpaired) electrons. The first kappa shape index (κ1) is 17.6. The van der Waals surface area contributed by atoms with Crippen molar-refractivity contribution < 1.29 is 19.4 Å². The number of nitrogens with zero attached hydrogens (tertiary/aromatic N) is 3. The molecule has 1 aliphatic heterocycles. The molecular formula is C18H15N3O4S. The van der Waals surface area contributed by atoms with Gasteiger partial charge in [-0.05, 0) is 35.8 Å². The maximum atomic E-state index is 12.6. The molecular weight excluding hydrogens is 354 g/mol. The molecule has 3 rings (SSSR count). The molecule has 1 aliphatic rings. The Balaban J connectivity index is 1.72. The Morgan fingerprint density at radius 1 is 1.42 bits per heavy atom. The van der Waals surface area contributed by atoms with Crippen molar-refractivity contribution in [3.63, 3.8) is 0 Å². The quantitative estimate of drug-likeness (QED) is 0.639. The molecule has 0 saturated carbocycles. The lowest BCUT2D eigenvalue weighted by Crippen LogP contribution is -2.36. The second kappa shape index (κ2) is 7.80. The minimum absolute atomic E-state index is 0.0600. The summed E-state index contributed by atoms with van der Waals surface area (Å²) in [4.78, 5) is 28.9. The standard InChI is InChI=1S/C18H15N3O4S/c19-9-14(8-16-20-4-6-26-16)18(24)21-5-3-12-7-15(25-11-17(22)23)2-1-13(12)10-21/h1-2,4,6-8H,3,5,10-11H2,(H,22,23). The van der Waals surface area contributed by atoms with Crippen LogP contribution >= 0.6 is 11.3 Å². The second-order valence-corrected chi connectivity index (χ2v) is 6.56. The minimum Gasteiger partial charge on any atom is -0.482 e. The predicted molar refractivity (Wildman–Crippen MR) is 94.4 cm³/mol. The molecule has 0 fully saturated rings. The van der Waals surface area contributed by atoms with E-state index in [1.165, 1.54) is 17.4 Å². The summed E-state index contributed by atoms with van der Waals surface area (Å²) < 4.78 is 5.18. The Kier molecular flexibility index (Phi) is 5.29. The fourth-order valence-corrected chi connectivity index (χ4v) is 3.25. The first-order chi connectivity index (χ1) is 12.6. The van der Waals surface area contributed by atoms with Crippen LogP contribution in [0, 0.1) is 11.3 Å². The van der Waals surface area contributed by atoms with Crippen molar-refractivity contribution in [2.45, 2.75) is 13.0 Å². The van der Waals surface area contributed by atoms with Gasteiger partial charge in [-0.3, -0.25) is 4.79 Å². The highest BCUT2D eigenvalue weighted by atomic mass is 32.1. The summed E-state index contributed by atoms with van der Waals surface area (Å²) in [5.74, 6) is -0.859. The van der Waals surface area contributed by atoms with E-state index in [9.17, 15) is 14.9 Å². The van der Waals surface area contributed by atoms with Crippen molar-refractivity contribution in [2.75, 3.05) is 13.2 Å². The molecule has 1 N–H and O–H groups in total. The Labute approximate surface area is 153 Å². The van der Waals surface area contributed by atoms with Gasteiger partial charge in [-0.1, -0.05) is 6.07 Å². The fourth-order valence-electron chi connectivity index (χ4n) is 2.68.